The van der Waals surface area contributed by atoms with Gasteiger partial charge in [0, 0.05) is 23.4 Å². The SMILES string of the molecule is CCC(NC(=O)c1ccc2c(c1)nc(-c1ccoc1)n2C1CCCCC1)C(=O)Nc1ccc(/C=C/C(=O)O)cc1. The van der Waals surface area contributed by atoms with E-state index >= 15 is 0 Å². The van der Waals surface area contributed by atoms with Crippen LogP contribution in [0.1, 0.15) is 67.4 Å². The standard InChI is InChI=1S/C31H32N4O5/c1-2-25(31(39)32-23-12-8-20(9-13-23)10-15-28(36)37)34-30(38)21-11-14-27-26(18-21)33-29(22-16-17-40-19-22)35(27)24-6-4-3-5-7-24/h8-19,24-25H,2-7H2,1H3,(H,32,39)(H,34,38)(H,36,37)/b15-10+. The summed E-state index contributed by atoms with van der Waals surface area (Å²) in [6.07, 6.45) is 12.0. The molecule has 206 valence electrons. The minimum Gasteiger partial charge on any atom is -0.478 e. The number of carboxylic acids is 1. The summed E-state index contributed by atoms with van der Waals surface area (Å²) in [6, 6.07) is 13.8. The van der Waals surface area contributed by atoms with Crippen LogP contribution in [0.5, 0.6) is 0 Å². The van der Waals surface area contributed by atoms with E-state index in [0.717, 1.165) is 41.3 Å². The van der Waals surface area contributed by atoms with E-state index in [0.29, 0.717) is 29.3 Å². The zero-order valence-electron chi connectivity index (χ0n) is 22.3. The Labute approximate surface area is 231 Å². The van der Waals surface area contributed by atoms with E-state index in [2.05, 4.69) is 15.2 Å². The third-order valence-electron chi connectivity index (χ3n) is 7.30. The number of nitrogens with one attached hydrogen (secondary N) is 2. The molecule has 1 aliphatic carbocycles. The molecule has 2 aromatic carbocycles. The van der Waals surface area contributed by atoms with E-state index in [1.165, 1.54) is 25.3 Å². The number of hydrogen-bond acceptors (Lipinski definition) is 5. The molecule has 1 aliphatic rings. The lowest BCUT2D eigenvalue weighted by Gasteiger charge is -2.25. The first-order valence-electron chi connectivity index (χ1n) is 13.6. The highest BCUT2D eigenvalue weighted by atomic mass is 16.4. The molecule has 1 saturated carbocycles. The van der Waals surface area contributed by atoms with Gasteiger partial charge in [0.2, 0.25) is 5.91 Å². The van der Waals surface area contributed by atoms with Gasteiger partial charge < -0.3 is 24.7 Å². The predicted octanol–water partition coefficient (Wildman–Crippen LogP) is 6.05. The number of imidazole rings is 1. The van der Waals surface area contributed by atoms with E-state index in [-0.39, 0.29) is 11.8 Å². The maximum atomic E-state index is 13.2. The van der Waals surface area contributed by atoms with Crippen LogP contribution in [0, 0.1) is 0 Å². The number of hydrogen-bond donors (Lipinski definition) is 3. The fraction of sp³-hybridized carbons (Fsp3) is 0.290. The maximum Gasteiger partial charge on any atom is 0.328 e. The normalized spacial score (nSPS) is 14.8. The van der Waals surface area contributed by atoms with Gasteiger partial charge in [0.25, 0.3) is 5.91 Å². The van der Waals surface area contributed by atoms with Crippen LogP contribution in [-0.2, 0) is 9.59 Å². The van der Waals surface area contributed by atoms with Crippen molar-refractivity contribution >= 4 is 40.6 Å². The Balaban J connectivity index is 1.32. The van der Waals surface area contributed by atoms with Crippen molar-refractivity contribution in [3.8, 4) is 11.4 Å². The molecular formula is C31H32N4O5. The Morgan fingerprint density at radius 2 is 1.88 bits per heavy atom. The van der Waals surface area contributed by atoms with Crippen LogP contribution in [0.3, 0.4) is 0 Å². The van der Waals surface area contributed by atoms with E-state index in [1.54, 1.807) is 48.9 Å². The minimum absolute atomic E-state index is 0.338. The topological polar surface area (TPSA) is 126 Å². The molecule has 2 amide bonds. The molecule has 1 fully saturated rings. The van der Waals surface area contributed by atoms with Crippen molar-refractivity contribution in [1.82, 2.24) is 14.9 Å². The molecule has 9 nitrogen and oxygen atoms in total. The third kappa shape index (κ3) is 5.98. The average Bonchev–Trinajstić information content (AvgIpc) is 3.63. The van der Waals surface area contributed by atoms with Crippen molar-refractivity contribution in [3.05, 3.63) is 78.3 Å². The zero-order chi connectivity index (χ0) is 28.1. The number of aromatic nitrogens is 2. The largest absolute Gasteiger partial charge is 0.478 e. The molecule has 1 unspecified atom stereocenters. The van der Waals surface area contributed by atoms with Gasteiger partial charge >= 0.3 is 5.97 Å². The van der Waals surface area contributed by atoms with Gasteiger partial charge in [-0.15, -0.1) is 0 Å². The molecule has 40 heavy (non-hydrogen) atoms. The third-order valence-corrected chi connectivity index (χ3v) is 7.30. The van der Waals surface area contributed by atoms with Crippen LogP contribution in [-0.4, -0.2) is 38.5 Å². The second kappa shape index (κ2) is 12.0. The van der Waals surface area contributed by atoms with Gasteiger partial charge in [-0.25, -0.2) is 9.78 Å². The Morgan fingerprint density at radius 3 is 2.55 bits per heavy atom. The molecule has 0 aliphatic heterocycles. The number of fused-ring (bicyclic) bond motifs is 1. The van der Waals surface area contributed by atoms with Crippen molar-refractivity contribution < 1.29 is 23.9 Å². The van der Waals surface area contributed by atoms with Crippen LogP contribution >= 0.6 is 0 Å². The fourth-order valence-electron chi connectivity index (χ4n) is 5.21. The summed E-state index contributed by atoms with van der Waals surface area (Å²) < 4.78 is 7.62. The number of benzene rings is 2. The lowest BCUT2D eigenvalue weighted by atomic mass is 9.95. The number of rotatable bonds is 9. The highest BCUT2D eigenvalue weighted by molar-refractivity contribution is 6.02. The van der Waals surface area contributed by atoms with Gasteiger partial charge in [-0.2, -0.15) is 0 Å². The number of carboxylic acid groups (broad SMARTS) is 1. The Hall–Kier alpha value is -4.66. The number of amides is 2. The highest BCUT2D eigenvalue weighted by Gasteiger charge is 2.24. The van der Waals surface area contributed by atoms with E-state index in [9.17, 15) is 14.4 Å². The Bertz CT molecular complexity index is 1530. The number of anilines is 1. The second-order valence-electron chi connectivity index (χ2n) is 10.0. The average molecular weight is 541 g/mol. The lowest BCUT2D eigenvalue weighted by molar-refractivity contribution is -0.131. The Kier molecular flexibility index (Phi) is 8.10. The smallest absolute Gasteiger partial charge is 0.328 e. The number of aliphatic carboxylic acids is 1. The van der Waals surface area contributed by atoms with Crippen LogP contribution in [0.25, 0.3) is 28.5 Å². The highest BCUT2D eigenvalue weighted by Crippen LogP contribution is 2.36. The van der Waals surface area contributed by atoms with Gasteiger partial charge in [0.05, 0.1) is 22.9 Å². The van der Waals surface area contributed by atoms with Crippen LogP contribution in [0.15, 0.2) is 71.6 Å². The summed E-state index contributed by atoms with van der Waals surface area (Å²) in [5, 5.41) is 14.4. The summed E-state index contributed by atoms with van der Waals surface area (Å²) in [7, 11) is 0. The predicted molar refractivity (Wildman–Crippen MR) is 153 cm³/mol. The molecule has 1 atom stereocenters. The quantitative estimate of drug-likeness (QED) is 0.222. The van der Waals surface area contributed by atoms with Crippen LogP contribution in [0.4, 0.5) is 5.69 Å². The summed E-state index contributed by atoms with van der Waals surface area (Å²) in [5.74, 6) is -0.887. The first-order valence-corrected chi connectivity index (χ1v) is 13.6. The molecule has 0 spiro atoms. The van der Waals surface area contributed by atoms with E-state index in [1.807, 2.05) is 19.1 Å². The molecule has 0 saturated heterocycles. The first-order chi connectivity index (χ1) is 19.4. The van der Waals surface area contributed by atoms with Gasteiger partial charge in [-0.05, 0) is 67.3 Å². The molecule has 4 aromatic rings. The number of carbonyl (C=O) groups excluding carboxylic acids is 2. The minimum atomic E-state index is -1.03. The lowest BCUT2D eigenvalue weighted by Crippen LogP contribution is -2.43. The Morgan fingerprint density at radius 1 is 1.10 bits per heavy atom. The van der Waals surface area contributed by atoms with Crippen molar-refractivity contribution in [2.24, 2.45) is 0 Å². The summed E-state index contributed by atoms with van der Waals surface area (Å²) >= 11 is 0. The second-order valence-corrected chi connectivity index (χ2v) is 10.0. The molecule has 5 rings (SSSR count). The number of carbonyl (C=O) groups is 3. The summed E-state index contributed by atoms with van der Waals surface area (Å²) in [6.45, 7) is 1.83. The molecule has 3 N–H and O–H groups in total. The van der Waals surface area contributed by atoms with Gasteiger partial charge in [0.15, 0.2) is 0 Å². The van der Waals surface area contributed by atoms with E-state index in [4.69, 9.17) is 14.5 Å². The van der Waals surface area contributed by atoms with Gasteiger partial charge in [-0.3, -0.25) is 9.59 Å². The zero-order valence-corrected chi connectivity index (χ0v) is 22.3. The van der Waals surface area contributed by atoms with Crippen molar-refractivity contribution in [3.63, 3.8) is 0 Å². The molecular weight excluding hydrogens is 508 g/mol. The fourth-order valence-corrected chi connectivity index (χ4v) is 5.21. The van der Waals surface area contributed by atoms with Crippen molar-refractivity contribution in [2.75, 3.05) is 5.32 Å². The molecule has 2 heterocycles. The van der Waals surface area contributed by atoms with Crippen LogP contribution in [0.2, 0.25) is 0 Å². The summed E-state index contributed by atoms with van der Waals surface area (Å²) in [4.78, 5) is 41.7. The molecule has 2 aromatic heterocycles. The van der Waals surface area contributed by atoms with Crippen LogP contribution < -0.4 is 10.6 Å². The number of furan rings is 1. The molecule has 9 heteroatoms. The number of nitrogens with zero attached hydrogens (tertiary/aromatic N) is 2. The van der Waals surface area contributed by atoms with E-state index < -0.39 is 12.0 Å². The van der Waals surface area contributed by atoms with Crippen molar-refractivity contribution in [1.29, 1.82) is 0 Å². The maximum absolute atomic E-state index is 13.2. The first kappa shape index (κ1) is 26.9. The monoisotopic (exact) mass is 540 g/mol. The molecule has 0 bridgehead atoms. The van der Waals surface area contributed by atoms with Crippen molar-refractivity contribution in [2.45, 2.75) is 57.5 Å². The molecule has 0 radical (unpaired) electrons. The summed E-state index contributed by atoms with van der Waals surface area (Å²) in [5.41, 5.74) is 4.28. The van der Waals surface area contributed by atoms with Gasteiger partial charge in [0.1, 0.15) is 18.1 Å². The van der Waals surface area contributed by atoms with Gasteiger partial charge in [-0.1, -0.05) is 38.3 Å².